The molecular formula is C25H22N6O4. The molecule has 4 aromatic rings. The predicted octanol–water partition coefficient (Wildman–Crippen LogP) is 5.43. The maximum absolute atomic E-state index is 12.2. The van der Waals surface area contributed by atoms with Crippen LogP contribution in [0.2, 0.25) is 0 Å². The number of benzene rings is 3. The van der Waals surface area contributed by atoms with Crippen molar-refractivity contribution >= 4 is 34.8 Å². The van der Waals surface area contributed by atoms with E-state index >= 15 is 0 Å². The van der Waals surface area contributed by atoms with Crippen LogP contribution in [0.3, 0.4) is 0 Å². The van der Waals surface area contributed by atoms with Crippen LogP contribution in [0.25, 0.3) is 0 Å². The van der Waals surface area contributed by atoms with Crippen LogP contribution in [-0.2, 0) is 13.1 Å². The highest BCUT2D eigenvalue weighted by molar-refractivity contribution is 5.84. The van der Waals surface area contributed by atoms with Crippen LogP contribution in [-0.4, -0.2) is 26.1 Å². The average Bonchev–Trinajstić information content (AvgIpc) is 2.84. The molecule has 35 heavy (non-hydrogen) atoms. The van der Waals surface area contributed by atoms with Gasteiger partial charge in [-0.25, -0.2) is 14.8 Å². The topological polar surface area (TPSA) is 134 Å². The normalized spacial score (nSPS) is 10.4. The number of nitrogens with zero attached hydrogens (tertiary/aromatic N) is 4. The first-order valence-corrected chi connectivity index (χ1v) is 10.7. The summed E-state index contributed by atoms with van der Waals surface area (Å²) in [6.45, 7) is 0.788. The Morgan fingerprint density at radius 3 is 2.06 bits per heavy atom. The zero-order chi connectivity index (χ0) is 24.6. The molecule has 3 N–H and O–H groups in total. The van der Waals surface area contributed by atoms with Crippen molar-refractivity contribution in [2.24, 2.45) is 0 Å². The van der Waals surface area contributed by atoms with E-state index in [1.54, 1.807) is 18.2 Å². The highest BCUT2D eigenvalue weighted by Crippen LogP contribution is 2.35. The zero-order valence-electron chi connectivity index (χ0n) is 18.5. The Labute approximate surface area is 201 Å². The number of aromatic nitrogens is 2. The fraction of sp³-hybridized carbons (Fsp3) is 0.0800. The summed E-state index contributed by atoms with van der Waals surface area (Å²) in [6.07, 6.45) is 0.0578. The molecule has 0 aliphatic carbocycles. The molecule has 1 amide bonds. The van der Waals surface area contributed by atoms with Crippen molar-refractivity contribution in [2.45, 2.75) is 13.1 Å². The van der Waals surface area contributed by atoms with Gasteiger partial charge in [0, 0.05) is 24.5 Å². The lowest BCUT2D eigenvalue weighted by Crippen LogP contribution is -2.24. The fourth-order valence-electron chi connectivity index (χ4n) is 3.61. The highest BCUT2D eigenvalue weighted by atomic mass is 16.6. The molecule has 4 rings (SSSR count). The van der Waals surface area contributed by atoms with Gasteiger partial charge in [0.25, 0.3) is 0 Å². The molecule has 0 saturated heterocycles. The second-order valence-corrected chi connectivity index (χ2v) is 7.61. The zero-order valence-corrected chi connectivity index (χ0v) is 18.5. The molecule has 10 nitrogen and oxygen atoms in total. The minimum absolute atomic E-state index is 0.00130. The Bertz CT molecular complexity index is 1280. The number of carbonyl (C=O) groups is 1. The molecule has 0 fully saturated rings. The largest absolute Gasteiger partial charge is 0.465 e. The van der Waals surface area contributed by atoms with Crippen LogP contribution in [0, 0.1) is 10.1 Å². The molecule has 0 aliphatic heterocycles. The SMILES string of the molecule is O=C(O)Nc1cccc(Nc2ncnc(N(Cc3ccccc3)Cc3ccccc3)c2[N+](=O)[O-])c1. The third-order valence-corrected chi connectivity index (χ3v) is 5.09. The molecule has 10 heteroatoms. The monoisotopic (exact) mass is 470 g/mol. The summed E-state index contributed by atoms with van der Waals surface area (Å²) in [7, 11) is 0. The van der Waals surface area contributed by atoms with E-state index in [1.807, 2.05) is 65.6 Å². The second-order valence-electron chi connectivity index (χ2n) is 7.61. The van der Waals surface area contributed by atoms with Crippen LogP contribution in [0.4, 0.5) is 33.5 Å². The molecular weight excluding hydrogens is 448 g/mol. The van der Waals surface area contributed by atoms with E-state index in [2.05, 4.69) is 20.6 Å². The Morgan fingerprint density at radius 1 is 0.886 bits per heavy atom. The maximum Gasteiger partial charge on any atom is 0.409 e. The maximum atomic E-state index is 12.2. The minimum atomic E-state index is -1.21. The number of rotatable bonds is 9. The Kier molecular flexibility index (Phi) is 7.12. The number of carboxylic acid groups (broad SMARTS) is 1. The quantitative estimate of drug-likeness (QED) is 0.218. The number of nitro groups is 1. The van der Waals surface area contributed by atoms with Crippen molar-refractivity contribution in [3.63, 3.8) is 0 Å². The third kappa shape index (κ3) is 6.08. The van der Waals surface area contributed by atoms with Gasteiger partial charge in [0.05, 0.1) is 4.92 Å². The van der Waals surface area contributed by atoms with Crippen LogP contribution in [0.5, 0.6) is 0 Å². The van der Waals surface area contributed by atoms with Crippen LogP contribution >= 0.6 is 0 Å². The Hall–Kier alpha value is -4.99. The van der Waals surface area contributed by atoms with Crippen molar-refractivity contribution in [2.75, 3.05) is 15.5 Å². The van der Waals surface area contributed by atoms with E-state index in [0.717, 1.165) is 11.1 Å². The second kappa shape index (κ2) is 10.8. The van der Waals surface area contributed by atoms with Crippen LogP contribution in [0.15, 0.2) is 91.3 Å². The summed E-state index contributed by atoms with van der Waals surface area (Å²) >= 11 is 0. The van der Waals surface area contributed by atoms with Crippen LogP contribution in [0.1, 0.15) is 11.1 Å². The number of anilines is 4. The lowest BCUT2D eigenvalue weighted by Gasteiger charge is -2.24. The first kappa shape index (κ1) is 23.2. The Morgan fingerprint density at radius 2 is 1.49 bits per heavy atom. The van der Waals surface area contributed by atoms with Crippen molar-refractivity contribution in [3.05, 3.63) is 112 Å². The number of hydrogen-bond donors (Lipinski definition) is 3. The van der Waals surface area contributed by atoms with Gasteiger partial charge < -0.3 is 15.3 Å². The molecule has 0 bridgehead atoms. The van der Waals surface area contributed by atoms with Crippen molar-refractivity contribution in [3.8, 4) is 0 Å². The first-order chi connectivity index (χ1) is 17.0. The van der Waals surface area contributed by atoms with Crippen molar-refractivity contribution < 1.29 is 14.8 Å². The molecule has 0 atom stereocenters. The van der Waals surface area contributed by atoms with Gasteiger partial charge in [-0.05, 0) is 29.3 Å². The van der Waals surface area contributed by atoms with E-state index in [9.17, 15) is 14.9 Å². The Balaban J connectivity index is 1.73. The van der Waals surface area contributed by atoms with Gasteiger partial charge in [0.15, 0.2) is 0 Å². The number of hydrogen-bond acceptors (Lipinski definition) is 7. The number of nitrogens with one attached hydrogen (secondary N) is 2. The lowest BCUT2D eigenvalue weighted by molar-refractivity contribution is -0.383. The van der Waals surface area contributed by atoms with Gasteiger partial charge >= 0.3 is 11.8 Å². The highest BCUT2D eigenvalue weighted by Gasteiger charge is 2.27. The van der Waals surface area contributed by atoms with Gasteiger partial charge in [-0.15, -0.1) is 0 Å². The summed E-state index contributed by atoms with van der Waals surface area (Å²) in [5.74, 6) is 0.165. The molecule has 176 valence electrons. The minimum Gasteiger partial charge on any atom is -0.465 e. The van der Waals surface area contributed by atoms with Gasteiger partial charge in [-0.1, -0.05) is 66.7 Å². The summed E-state index contributed by atoms with van der Waals surface area (Å²) < 4.78 is 0. The molecule has 0 radical (unpaired) electrons. The van der Waals surface area contributed by atoms with E-state index in [0.29, 0.717) is 24.5 Å². The molecule has 0 saturated carbocycles. The van der Waals surface area contributed by atoms with Gasteiger partial charge in [-0.3, -0.25) is 15.4 Å². The fourth-order valence-corrected chi connectivity index (χ4v) is 3.61. The first-order valence-electron chi connectivity index (χ1n) is 10.7. The van der Waals surface area contributed by atoms with Gasteiger partial charge in [0.1, 0.15) is 6.33 Å². The van der Waals surface area contributed by atoms with Crippen molar-refractivity contribution in [1.82, 2.24) is 9.97 Å². The van der Waals surface area contributed by atoms with E-state index in [-0.39, 0.29) is 17.3 Å². The summed E-state index contributed by atoms with van der Waals surface area (Å²) in [6, 6.07) is 25.6. The lowest BCUT2D eigenvalue weighted by atomic mass is 10.1. The van der Waals surface area contributed by atoms with Gasteiger partial charge in [0.2, 0.25) is 11.6 Å². The van der Waals surface area contributed by atoms with E-state index in [4.69, 9.17) is 5.11 Å². The smallest absolute Gasteiger partial charge is 0.409 e. The summed E-state index contributed by atoms with van der Waals surface area (Å²) in [4.78, 5) is 32.9. The molecule has 0 aliphatic rings. The molecule has 1 heterocycles. The summed E-state index contributed by atoms with van der Waals surface area (Å²) in [5.41, 5.74) is 2.41. The molecule has 0 unspecified atom stereocenters. The molecule has 0 spiro atoms. The standard InChI is InChI=1S/C25H22N6O4/c32-25(33)29-21-13-7-12-20(14-21)28-23-22(31(34)35)24(27-17-26-23)30(15-18-8-3-1-4-9-18)16-19-10-5-2-6-11-19/h1-14,17,29H,15-16H2,(H,32,33)(H,26,27,28). The molecule has 1 aromatic heterocycles. The predicted molar refractivity (Wildman–Crippen MR) is 133 cm³/mol. The van der Waals surface area contributed by atoms with Crippen molar-refractivity contribution in [1.29, 1.82) is 0 Å². The van der Waals surface area contributed by atoms with Crippen LogP contribution < -0.4 is 15.5 Å². The third-order valence-electron chi connectivity index (χ3n) is 5.09. The number of amides is 1. The summed E-state index contributed by atoms with van der Waals surface area (Å²) in [5, 5.41) is 26.4. The van der Waals surface area contributed by atoms with E-state index in [1.165, 1.54) is 12.4 Å². The molecule has 3 aromatic carbocycles. The van der Waals surface area contributed by atoms with Gasteiger partial charge in [-0.2, -0.15) is 0 Å². The van der Waals surface area contributed by atoms with E-state index < -0.39 is 11.0 Å². The average molecular weight is 470 g/mol.